The molecule has 1 N–H and O–H groups in total. The van der Waals surface area contributed by atoms with E-state index in [9.17, 15) is 4.79 Å². The number of likely N-dealkylation sites (tertiary alicyclic amines) is 1. The number of hydrogen-bond donors (Lipinski definition) is 1. The maximum atomic E-state index is 12.8. The van der Waals surface area contributed by atoms with Gasteiger partial charge in [-0.2, -0.15) is 0 Å². The monoisotopic (exact) mass is 354 g/mol. The Morgan fingerprint density at radius 3 is 2.76 bits per heavy atom. The quantitative estimate of drug-likeness (QED) is 0.799. The number of para-hydroxylation sites is 1. The number of carbonyl (C=O) groups is 1. The number of amides is 1. The lowest BCUT2D eigenvalue weighted by Gasteiger charge is -2.32. The molecule has 1 heterocycles. The number of anilines is 1. The molecule has 1 unspecified atom stereocenters. The zero-order chi connectivity index (χ0) is 17.6. The lowest BCUT2D eigenvalue weighted by Crippen LogP contribution is -2.40. The van der Waals surface area contributed by atoms with Crippen LogP contribution in [0.3, 0.4) is 0 Å². The van der Waals surface area contributed by atoms with E-state index >= 15 is 0 Å². The molecule has 0 bridgehead atoms. The van der Waals surface area contributed by atoms with Crippen LogP contribution in [0.5, 0.6) is 0 Å². The Bertz CT molecular complexity index is 731. The minimum absolute atomic E-state index is 0.0627. The standard InChI is InChI=1S/C21H26N2OS/c1-16-8-3-4-9-17(16)14-23-13-7-10-18(15-23)21(24)22-19-11-5-6-12-20(19)25-2/h3-6,8-9,11-12,18H,7,10,13-15H2,1-2H3,(H,22,24). The van der Waals surface area contributed by atoms with Gasteiger partial charge in [-0.25, -0.2) is 0 Å². The van der Waals surface area contributed by atoms with Gasteiger partial charge in [0.2, 0.25) is 5.91 Å². The molecule has 0 saturated carbocycles. The molecule has 3 rings (SSSR count). The van der Waals surface area contributed by atoms with Crippen LogP contribution in [0.4, 0.5) is 5.69 Å². The van der Waals surface area contributed by atoms with Crippen LogP contribution in [-0.4, -0.2) is 30.2 Å². The van der Waals surface area contributed by atoms with Crippen molar-refractivity contribution in [1.29, 1.82) is 0 Å². The molecule has 1 saturated heterocycles. The zero-order valence-electron chi connectivity index (χ0n) is 15.0. The van der Waals surface area contributed by atoms with Crippen LogP contribution in [0.25, 0.3) is 0 Å². The fraction of sp³-hybridized carbons (Fsp3) is 0.381. The molecule has 0 aromatic heterocycles. The van der Waals surface area contributed by atoms with E-state index in [2.05, 4.69) is 41.4 Å². The first-order valence-electron chi connectivity index (χ1n) is 8.88. The summed E-state index contributed by atoms with van der Waals surface area (Å²) in [6.07, 6.45) is 4.08. The Morgan fingerprint density at radius 1 is 1.20 bits per heavy atom. The second-order valence-electron chi connectivity index (χ2n) is 6.69. The van der Waals surface area contributed by atoms with E-state index in [1.165, 1.54) is 11.1 Å². The number of aryl methyl sites for hydroxylation is 1. The van der Waals surface area contributed by atoms with Crippen molar-refractivity contribution in [3.63, 3.8) is 0 Å². The summed E-state index contributed by atoms with van der Waals surface area (Å²) in [7, 11) is 0. The van der Waals surface area contributed by atoms with Crippen LogP contribution < -0.4 is 5.32 Å². The van der Waals surface area contributed by atoms with E-state index in [0.29, 0.717) is 0 Å². The maximum absolute atomic E-state index is 12.8. The lowest BCUT2D eigenvalue weighted by atomic mass is 9.96. The van der Waals surface area contributed by atoms with Gasteiger partial charge in [-0.3, -0.25) is 9.69 Å². The van der Waals surface area contributed by atoms with E-state index in [4.69, 9.17) is 0 Å². The van der Waals surface area contributed by atoms with E-state index in [1.807, 2.05) is 30.5 Å². The minimum atomic E-state index is 0.0627. The zero-order valence-corrected chi connectivity index (χ0v) is 15.8. The van der Waals surface area contributed by atoms with Crippen molar-refractivity contribution in [2.75, 3.05) is 24.7 Å². The maximum Gasteiger partial charge on any atom is 0.228 e. The van der Waals surface area contributed by atoms with Gasteiger partial charge >= 0.3 is 0 Å². The molecule has 1 amide bonds. The summed E-state index contributed by atoms with van der Waals surface area (Å²) >= 11 is 1.66. The molecule has 25 heavy (non-hydrogen) atoms. The highest BCUT2D eigenvalue weighted by Gasteiger charge is 2.26. The molecular weight excluding hydrogens is 328 g/mol. The molecule has 2 aromatic rings. The van der Waals surface area contributed by atoms with Crippen LogP contribution in [0.2, 0.25) is 0 Å². The summed E-state index contributed by atoms with van der Waals surface area (Å²) in [5.41, 5.74) is 3.61. The summed E-state index contributed by atoms with van der Waals surface area (Å²) in [6, 6.07) is 16.5. The molecular formula is C21H26N2OS. The Kier molecular flexibility index (Phi) is 6.16. The predicted molar refractivity (Wildman–Crippen MR) is 106 cm³/mol. The first-order valence-corrected chi connectivity index (χ1v) is 10.1. The lowest BCUT2D eigenvalue weighted by molar-refractivity contribution is -0.121. The third-order valence-corrected chi connectivity index (χ3v) is 5.69. The van der Waals surface area contributed by atoms with Gasteiger partial charge in [-0.15, -0.1) is 11.8 Å². The van der Waals surface area contributed by atoms with E-state index in [0.717, 1.165) is 43.1 Å². The number of hydrogen-bond acceptors (Lipinski definition) is 3. The average Bonchev–Trinajstić information content (AvgIpc) is 2.64. The minimum Gasteiger partial charge on any atom is -0.325 e. The molecule has 1 aliphatic rings. The molecule has 0 spiro atoms. The highest BCUT2D eigenvalue weighted by molar-refractivity contribution is 7.98. The molecule has 132 valence electrons. The van der Waals surface area contributed by atoms with Crippen LogP contribution in [0.1, 0.15) is 24.0 Å². The smallest absolute Gasteiger partial charge is 0.228 e. The Labute approximate surface area is 154 Å². The average molecular weight is 355 g/mol. The SMILES string of the molecule is CSc1ccccc1NC(=O)C1CCCN(Cc2ccccc2C)C1. The Morgan fingerprint density at radius 2 is 1.96 bits per heavy atom. The van der Waals surface area contributed by atoms with Crippen molar-refractivity contribution in [2.45, 2.75) is 31.2 Å². The van der Waals surface area contributed by atoms with Crippen molar-refractivity contribution in [2.24, 2.45) is 5.92 Å². The topological polar surface area (TPSA) is 32.3 Å². The third kappa shape index (κ3) is 4.65. The summed E-state index contributed by atoms with van der Waals surface area (Å²) in [5, 5.41) is 3.14. The number of nitrogens with zero attached hydrogens (tertiary/aromatic N) is 1. The largest absolute Gasteiger partial charge is 0.325 e. The van der Waals surface area contributed by atoms with Gasteiger partial charge in [0.15, 0.2) is 0 Å². The van der Waals surface area contributed by atoms with Gasteiger partial charge in [-0.1, -0.05) is 36.4 Å². The highest BCUT2D eigenvalue weighted by Crippen LogP contribution is 2.26. The van der Waals surface area contributed by atoms with E-state index in [1.54, 1.807) is 11.8 Å². The van der Waals surface area contributed by atoms with E-state index < -0.39 is 0 Å². The first kappa shape index (κ1) is 18.0. The molecule has 0 aliphatic carbocycles. The molecule has 3 nitrogen and oxygen atoms in total. The summed E-state index contributed by atoms with van der Waals surface area (Å²) in [5.74, 6) is 0.212. The number of piperidine rings is 1. The molecule has 1 aliphatic heterocycles. The van der Waals surface area contributed by atoms with Gasteiger partial charge in [0, 0.05) is 18.0 Å². The first-order chi connectivity index (χ1) is 12.2. The highest BCUT2D eigenvalue weighted by atomic mass is 32.2. The summed E-state index contributed by atoms with van der Waals surface area (Å²) < 4.78 is 0. The third-order valence-electron chi connectivity index (χ3n) is 4.90. The summed E-state index contributed by atoms with van der Waals surface area (Å²) in [4.78, 5) is 16.3. The number of nitrogens with one attached hydrogen (secondary N) is 1. The van der Waals surface area contributed by atoms with Gasteiger partial charge < -0.3 is 5.32 Å². The molecule has 2 aromatic carbocycles. The van der Waals surface area contributed by atoms with Crippen molar-refractivity contribution >= 4 is 23.4 Å². The molecule has 1 fully saturated rings. The second-order valence-corrected chi connectivity index (χ2v) is 7.54. The van der Waals surface area contributed by atoms with Crippen molar-refractivity contribution in [3.05, 3.63) is 59.7 Å². The normalized spacial score (nSPS) is 18.1. The number of thioether (sulfide) groups is 1. The van der Waals surface area contributed by atoms with Gasteiger partial charge in [0.25, 0.3) is 0 Å². The van der Waals surface area contributed by atoms with Crippen molar-refractivity contribution in [1.82, 2.24) is 4.90 Å². The van der Waals surface area contributed by atoms with Gasteiger partial charge in [0.05, 0.1) is 11.6 Å². The van der Waals surface area contributed by atoms with Crippen molar-refractivity contribution < 1.29 is 4.79 Å². The second kappa shape index (κ2) is 8.54. The van der Waals surface area contributed by atoms with Crippen molar-refractivity contribution in [3.8, 4) is 0 Å². The van der Waals surface area contributed by atoms with Gasteiger partial charge in [-0.05, 0) is 55.8 Å². The fourth-order valence-electron chi connectivity index (χ4n) is 3.42. The molecule has 0 radical (unpaired) electrons. The predicted octanol–water partition coefficient (Wildman–Crippen LogP) is 4.57. The molecule has 4 heteroatoms. The van der Waals surface area contributed by atoms with Crippen LogP contribution in [0, 0.1) is 12.8 Å². The number of rotatable bonds is 5. The Hall–Kier alpha value is -1.78. The number of benzene rings is 2. The summed E-state index contributed by atoms with van der Waals surface area (Å²) in [6.45, 7) is 4.99. The molecule has 1 atom stereocenters. The fourth-order valence-corrected chi connectivity index (χ4v) is 3.98. The van der Waals surface area contributed by atoms with Crippen LogP contribution >= 0.6 is 11.8 Å². The van der Waals surface area contributed by atoms with Crippen LogP contribution in [0.15, 0.2) is 53.4 Å². The van der Waals surface area contributed by atoms with Gasteiger partial charge in [0.1, 0.15) is 0 Å². The Balaban J connectivity index is 1.63. The van der Waals surface area contributed by atoms with Crippen LogP contribution in [-0.2, 0) is 11.3 Å². The van der Waals surface area contributed by atoms with E-state index in [-0.39, 0.29) is 11.8 Å². The number of carbonyl (C=O) groups excluding carboxylic acids is 1.